The van der Waals surface area contributed by atoms with Crippen molar-refractivity contribution in [1.29, 1.82) is 0 Å². The number of methoxy groups -OCH3 is 1. The predicted octanol–water partition coefficient (Wildman–Crippen LogP) is 4.73. The molecule has 0 spiro atoms. The summed E-state index contributed by atoms with van der Waals surface area (Å²) in [6, 6.07) is 3.42. The molecule has 0 amide bonds. The number of hydrogen-bond donors (Lipinski definition) is 0. The van der Waals surface area contributed by atoms with E-state index in [0.29, 0.717) is 0 Å². The van der Waals surface area contributed by atoms with Gasteiger partial charge in [0.2, 0.25) is 0 Å². The zero-order chi connectivity index (χ0) is 18.9. The van der Waals surface area contributed by atoms with Gasteiger partial charge in [-0.15, -0.1) is 0 Å². The van der Waals surface area contributed by atoms with Gasteiger partial charge in [-0.1, -0.05) is 29.3 Å². The predicted molar refractivity (Wildman–Crippen MR) is 89.9 cm³/mol. The monoisotopic (exact) mass is 446 g/mol. The van der Waals surface area contributed by atoms with Crippen LogP contribution in [0, 0.1) is 0 Å². The molecule has 0 aromatic heterocycles. The summed E-state index contributed by atoms with van der Waals surface area (Å²) in [5.41, 5.74) is -4.76. The molecule has 0 aliphatic rings. The number of ether oxygens (including phenoxy) is 2. The fourth-order valence-electron chi connectivity index (χ4n) is 1.99. The van der Waals surface area contributed by atoms with Gasteiger partial charge in [0.1, 0.15) is 5.60 Å². The van der Waals surface area contributed by atoms with Crippen molar-refractivity contribution in [3.63, 3.8) is 0 Å². The van der Waals surface area contributed by atoms with E-state index in [9.17, 15) is 18.4 Å². The summed E-state index contributed by atoms with van der Waals surface area (Å²) in [5.74, 6) is -3.03. The Morgan fingerprint density at radius 2 is 1.67 bits per heavy atom. The zero-order valence-electron chi connectivity index (χ0n) is 13.3. The Hall–Kier alpha value is -0.920. The van der Waals surface area contributed by atoms with Gasteiger partial charge in [0, 0.05) is 15.6 Å². The first kappa shape index (κ1) is 21.1. The van der Waals surface area contributed by atoms with E-state index in [1.165, 1.54) is 26.8 Å². The summed E-state index contributed by atoms with van der Waals surface area (Å²) in [6.07, 6.45) is 0. The van der Waals surface area contributed by atoms with E-state index < -0.39 is 33.3 Å². The molecule has 1 atom stereocenters. The molecule has 24 heavy (non-hydrogen) atoms. The van der Waals surface area contributed by atoms with Crippen LogP contribution in [-0.2, 0) is 24.5 Å². The first-order valence-electron chi connectivity index (χ1n) is 6.61. The van der Waals surface area contributed by atoms with Crippen LogP contribution in [0.3, 0.4) is 0 Å². The minimum atomic E-state index is -4.05. The van der Waals surface area contributed by atoms with E-state index in [-0.39, 0.29) is 10.0 Å². The van der Waals surface area contributed by atoms with Crippen LogP contribution in [0.1, 0.15) is 26.3 Å². The number of benzene rings is 1. The Balaban J connectivity index is 3.78. The van der Waals surface area contributed by atoms with Crippen LogP contribution in [0.15, 0.2) is 18.2 Å². The number of halogens is 5. The van der Waals surface area contributed by atoms with Crippen LogP contribution < -0.4 is 0 Å². The molecule has 0 saturated carbocycles. The van der Waals surface area contributed by atoms with Gasteiger partial charge >= 0.3 is 16.8 Å². The van der Waals surface area contributed by atoms with Crippen molar-refractivity contribution in [2.75, 3.05) is 7.11 Å². The maximum atomic E-state index is 14.5. The van der Waals surface area contributed by atoms with Crippen LogP contribution >= 0.6 is 39.1 Å². The lowest BCUT2D eigenvalue weighted by Gasteiger charge is -2.35. The van der Waals surface area contributed by atoms with E-state index in [4.69, 9.17) is 27.9 Å². The summed E-state index contributed by atoms with van der Waals surface area (Å²) < 4.78 is 38.5. The number of hydrogen-bond acceptors (Lipinski definition) is 4. The standard InChI is InChI=1S/C15H15BrCl2F2O4/c1-13(2,3)24-12(22)14(11(21)23-4,15(16,19)20)9-6-5-8(17)7-10(9)18/h5-7H,1-4H3. The van der Waals surface area contributed by atoms with Crippen LogP contribution in [0.4, 0.5) is 8.78 Å². The smallest absolute Gasteiger partial charge is 0.336 e. The molecule has 4 nitrogen and oxygen atoms in total. The molecule has 1 aromatic carbocycles. The quantitative estimate of drug-likeness (QED) is 0.380. The zero-order valence-corrected chi connectivity index (χ0v) is 16.4. The van der Waals surface area contributed by atoms with Crippen molar-refractivity contribution in [1.82, 2.24) is 0 Å². The lowest BCUT2D eigenvalue weighted by atomic mass is 9.80. The Morgan fingerprint density at radius 3 is 2.04 bits per heavy atom. The Morgan fingerprint density at radius 1 is 1.12 bits per heavy atom. The molecule has 0 heterocycles. The van der Waals surface area contributed by atoms with E-state index >= 15 is 0 Å². The minimum absolute atomic E-state index is 0.143. The Kier molecular flexibility index (Phi) is 6.28. The molecule has 0 N–H and O–H groups in total. The Bertz CT molecular complexity index is 656. The highest BCUT2D eigenvalue weighted by molar-refractivity contribution is 9.10. The molecule has 1 aromatic rings. The third-order valence-corrected chi connectivity index (χ3v) is 4.10. The van der Waals surface area contributed by atoms with Crippen molar-refractivity contribution in [2.24, 2.45) is 0 Å². The van der Waals surface area contributed by atoms with Crippen molar-refractivity contribution < 1.29 is 27.8 Å². The molecule has 0 bridgehead atoms. The summed E-state index contributed by atoms with van der Waals surface area (Å²) >= 11 is 13.9. The highest BCUT2D eigenvalue weighted by atomic mass is 79.9. The fourth-order valence-corrected chi connectivity index (χ4v) is 3.08. The summed E-state index contributed by atoms with van der Waals surface area (Å²) in [6.45, 7) is 4.42. The number of rotatable bonds is 4. The second kappa shape index (κ2) is 7.14. The highest BCUT2D eigenvalue weighted by Crippen LogP contribution is 2.49. The van der Waals surface area contributed by atoms with E-state index in [0.717, 1.165) is 19.2 Å². The van der Waals surface area contributed by atoms with Gasteiger partial charge in [0.05, 0.1) is 7.11 Å². The molecular weight excluding hydrogens is 433 g/mol. The van der Waals surface area contributed by atoms with Gasteiger partial charge in [0.25, 0.3) is 5.41 Å². The topological polar surface area (TPSA) is 52.6 Å². The molecular formula is C15H15BrCl2F2O4. The largest absolute Gasteiger partial charge is 0.468 e. The van der Waals surface area contributed by atoms with Crippen LogP contribution in [0.2, 0.25) is 10.0 Å². The van der Waals surface area contributed by atoms with Gasteiger partial charge in [-0.05, 0) is 48.8 Å². The van der Waals surface area contributed by atoms with E-state index in [1.807, 2.05) is 0 Å². The lowest BCUT2D eigenvalue weighted by molar-refractivity contribution is -0.181. The molecule has 0 aliphatic carbocycles. The number of carbonyl (C=O) groups excluding carboxylic acids is 2. The van der Waals surface area contributed by atoms with Crippen molar-refractivity contribution in [3.8, 4) is 0 Å². The summed E-state index contributed by atoms with van der Waals surface area (Å²) in [5, 5.41) is -0.164. The molecule has 1 unspecified atom stereocenters. The van der Waals surface area contributed by atoms with Gasteiger partial charge in [-0.2, -0.15) is 8.78 Å². The molecule has 0 aliphatic heterocycles. The molecule has 0 saturated heterocycles. The van der Waals surface area contributed by atoms with Crippen molar-refractivity contribution >= 4 is 51.1 Å². The second-order valence-corrected chi connectivity index (χ2v) is 7.70. The lowest BCUT2D eigenvalue weighted by Crippen LogP contribution is -2.57. The van der Waals surface area contributed by atoms with E-state index in [2.05, 4.69) is 20.7 Å². The SMILES string of the molecule is COC(=O)C(C(=O)OC(C)(C)C)(c1ccc(Cl)cc1Cl)C(F)(F)Br. The molecule has 0 fully saturated rings. The van der Waals surface area contributed by atoms with Gasteiger partial charge in [-0.3, -0.25) is 9.59 Å². The summed E-state index contributed by atoms with van der Waals surface area (Å²) in [4.78, 5) is 20.9. The van der Waals surface area contributed by atoms with Gasteiger partial charge in [0.15, 0.2) is 0 Å². The van der Waals surface area contributed by atoms with Gasteiger partial charge < -0.3 is 9.47 Å². The molecule has 1 rings (SSSR count). The first-order chi connectivity index (χ1) is 10.8. The fraction of sp³-hybridized carbons (Fsp3) is 0.467. The van der Waals surface area contributed by atoms with E-state index in [1.54, 1.807) is 0 Å². The number of carbonyl (C=O) groups is 2. The van der Waals surface area contributed by atoms with Crippen molar-refractivity contribution in [3.05, 3.63) is 33.8 Å². The first-order valence-corrected chi connectivity index (χ1v) is 8.16. The maximum Gasteiger partial charge on any atom is 0.336 e. The van der Waals surface area contributed by atoms with Crippen molar-refractivity contribution in [2.45, 2.75) is 36.6 Å². The van der Waals surface area contributed by atoms with Gasteiger partial charge in [-0.25, -0.2) is 0 Å². The Labute approximate surface area is 156 Å². The summed E-state index contributed by atoms with van der Waals surface area (Å²) in [7, 11) is 0.879. The third-order valence-electron chi connectivity index (χ3n) is 2.96. The molecule has 0 radical (unpaired) electrons. The average Bonchev–Trinajstić information content (AvgIpc) is 2.37. The maximum absolute atomic E-state index is 14.5. The highest BCUT2D eigenvalue weighted by Gasteiger charge is 2.68. The number of esters is 2. The molecule has 9 heteroatoms. The third kappa shape index (κ3) is 4.00. The normalized spacial score (nSPS) is 14.7. The van der Waals surface area contributed by atoms with Crippen LogP contribution in [0.5, 0.6) is 0 Å². The minimum Gasteiger partial charge on any atom is -0.468 e. The van der Waals surface area contributed by atoms with Crippen LogP contribution in [0.25, 0.3) is 0 Å². The average molecular weight is 448 g/mol. The molecule has 134 valence electrons. The second-order valence-electron chi connectivity index (χ2n) is 5.87. The van der Waals surface area contributed by atoms with Crippen LogP contribution in [-0.4, -0.2) is 29.5 Å². The number of alkyl halides is 3.